The van der Waals surface area contributed by atoms with Gasteiger partial charge in [0.1, 0.15) is 0 Å². The number of Topliss-reactive ketones (excluding diaryl/α,β-unsaturated/α-hetero) is 1. The number of carbonyl (C=O) groups excluding carboxylic acids is 1. The maximum absolute atomic E-state index is 12.0. The second-order valence-electron chi connectivity index (χ2n) is 4.85. The number of likely N-dealkylation sites (N-methyl/N-ethyl adjacent to an activating group) is 1. The minimum atomic E-state index is -0.314. The van der Waals surface area contributed by atoms with E-state index < -0.39 is 0 Å². The number of aliphatic hydroxyl groups is 1. The molecule has 1 aromatic rings. The predicted molar refractivity (Wildman–Crippen MR) is 73.9 cm³/mol. The fraction of sp³-hybridized carbons (Fsp3) is 0.533. The van der Waals surface area contributed by atoms with E-state index in [1.165, 1.54) is 5.56 Å². The molecule has 0 saturated heterocycles. The number of rotatable bonds is 7. The van der Waals surface area contributed by atoms with Crippen molar-refractivity contribution < 1.29 is 9.90 Å². The van der Waals surface area contributed by atoms with Crippen LogP contribution >= 0.6 is 0 Å². The lowest BCUT2D eigenvalue weighted by Crippen LogP contribution is -2.28. The van der Waals surface area contributed by atoms with Crippen molar-refractivity contribution in [3.63, 3.8) is 0 Å². The van der Waals surface area contributed by atoms with Crippen molar-refractivity contribution in [2.75, 3.05) is 20.1 Å². The Morgan fingerprint density at radius 2 is 1.94 bits per heavy atom. The van der Waals surface area contributed by atoms with Gasteiger partial charge in [-0.05, 0) is 32.4 Å². The number of ketones is 1. The highest BCUT2D eigenvalue weighted by Crippen LogP contribution is 2.06. The van der Waals surface area contributed by atoms with Crippen molar-refractivity contribution in [2.24, 2.45) is 0 Å². The van der Waals surface area contributed by atoms with Gasteiger partial charge in [0.05, 0.1) is 12.6 Å². The lowest BCUT2D eigenvalue weighted by Gasteiger charge is -2.16. The quantitative estimate of drug-likeness (QED) is 0.753. The molecule has 100 valence electrons. The zero-order valence-electron chi connectivity index (χ0n) is 11.5. The lowest BCUT2D eigenvalue weighted by atomic mass is 10.1. The van der Waals surface area contributed by atoms with E-state index in [9.17, 15) is 9.90 Å². The molecule has 0 aliphatic carbocycles. The molecule has 1 atom stereocenters. The van der Waals surface area contributed by atoms with Crippen LogP contribution in [0.5, 0.6) is 0 Å². The van der Waals surface area contributed by atoms with E-state index in [4.69, 9.17) is 0 Å². The Kier molecular flexibility index (Phi) is 6.02. The van der Waals surface area contributed by atoms with Crippen LogP contribution in [0.2, 0.25) is 0 Å². The molecule has 3 heteroatoms. The van der Waals surface area contributed by atoms with E-state index in [1.54, 1.807) is 6.92 Å². The normalized spacial score (nSPS) is 12.7. The van der Waals surface area contributed by atoms with Crippen LogP contribution in [-0.2, 0) is 6.42 Å². The summed E-state index contributed by atoms with van der Waals surface area (Å²) in [7, 11) is 1.90. The van der Waals surface area contributed by atoms with Gasteiger partial charge >= 0.3 is 0 Å². The van der Waals surface area contributed by atoms with Crippen molar-refractivity contribution in [3.8, 4) is 0 Å². The van der Waals surface area contributed by atoms with Crippen LogP contribution in [0.4, 0.5) is 0 Å². The monoisotopic (exact) mass is 249 g/mol. The number of hydrogen-bond donors (Lipinski definition) is 1. The molecule has 1 rings (SSSR count). The summed E-state index contributed by atoms with van der Waals surface area (Å²) in [6, 6.07) is 7.79. The molecule has 0 aliphatic rings. The summed E-state index contributed by atoms with van der Waals surface area (Å²) in [5.41, 5.74) is 2.00. The fourth-order valence-corrected chi connectivity index (χ4v) is 1.75. The Balaban J connectivity index is 2.48. The number of hydrogen-bond acceptors (Lipinski definition) is 3. The highest BCUT2D eigenvalue weighted by atomic mass is 16.3. The third-order valence-corrected chi connectivity index (χ3v) is 3.03. The van der Waals surface area contributed by atoms with E-state index in [1.807, 2.05) is 36.2 Å². The fourth-order valence-electron chi connectivity index (χ4n) is 1.75. The van der Waals surface area contributed by atoms with Crippen LogP contribution in [0.25, 0.3) is 0 Å². The first-order valence-electron chi connectivity index (χ1n) is 6.51. The summed E-state index contributed by atoms with van der Waals surface area (Å²) in [5.74, 6) is 0.130. The second kappa shape index (κ2) is 7.29. The van der Waals surface area contributed by atoms with E-state index in [0.717, 1.165) is 18.5 Å². The standard InChI is InChI=1S/C15H23NO2/c1-4-13-5-7-14(8-6-13)15(18)11-16(3)10-9-12(2)17/h5-8,12,17H,4,9-11H2,1-3H3. The van der Waals surface area contributed by atoms with Crippen molar-refractivity contribution in [1.82, 2.24) is 4.90 Å². The molecular weight excluding hydrogens is 226 g/mol. The predicted octanol–water partition coefficient (Wildman–Crippen LogP) is 2.13. The van der Waals surface area contributed by atoms with Gasteiger partial charge in [0.2, 0.25) is 0 Å². The van der Waals surface area contributed by atoms with Crippen LogP contribution in [-0.4, -0.2) is 42.0 Å². The SMILES string of the molecule is CCc1ccc(C(=O)CN(C)CCC(C)O)cc1. The maximum Gasteiger partial charge on any atom is 0.176 e. The highest BCUT2D eigenvalue weighted by Gasteiger charge is 2.09. The van der Waals surface area contributed by atoms with Gasteiger partial charge in [-0.1, -0.05) is 31.2 Å². The van der Waals surface area contributed by atoms with Crippen molar-refractivity contribution in [2.45, 2.75) is 32.8 Å². The van der Waals surface area contributed by atoms with Crippen molar-refractivity contribution >= 4 is 5.78 Å². The summed E-state index contributed by atoms with van der Waals surface area (Å²) < 4.78 is 0. The van der Waals surface area contributed by atoms with E-state index in [2.05, 4.69) is 6.92 Å². The summed E-state index contributed by atoms with van der Waals surface area (Å²) in [6.45, 7) is 4.99. The molecule has 0 bridgehead atoms. The second-order valence-corrected chi connectivity index (χ2v) is 4.85. The summed E-state index contributed by atoms with van der Waals surface area (Å²) in [5, 5.41) is 9.20. The number of carbonyl (C=O) groups is 1. The van der Waals surface area contributed by atoms with E-state index in [-0.39, 0.29) is 11.9 Å². The van der Waals surface area contributed by atoms with Crippen LogP contribution in [0.1, 0.15) is 36.2 Å². The van der Waals surface area contributed by atoms with Crippen LogP contribution in [0, 0.1) is 0 Å². The number of aliphatic hydroxyl groups excluding tert-OH is 1. The molecule has 1 N–H and O–H groups in total. The molecule has 0 heterocycles. The first-order valence-corrected chi connectivity index (χ1v) is 6.51. The zero-order valence-corrected chi connectivity index (χ0v) is 11.5. The molecule has 0 aliphatic heterocycles. The smallest absolute Gasteiger partial charge is 0.176 e. The number of aryl methyl sites for hydroxylation is 1. The van der Waals surface area contributed by atoms with Crippen molar-refractivity contribution in [1.29, 1.82) is 0 Å². The van der Waals surface area contributed by atoms with Gasteiger partial charge < -0.3 is 5.11 Å². The molecule has 3 nitrogen and oxygen atoms in total. The van der Waals surface area contributed by atoms with E-state index >= 15 is 0 Å². The summed E-state index contributed by atoms with van der Waals surface area (Å²) >= 11 is 0. The topological polar surface area (TPSA) is 40.5 Å². The molecule has 0 saturated carbocycles. The average molecular weight is 249 g/mol. The Morgan fingerprint density at radius 3 is 2.44 bits per heavy atom. The van der Waals surface area contributed by atoms with Crippen LogP contribution in [0.15, 0.2) is 24.3 Å². The first kappa shape index (κ1) is 14.9. The van der Waals surface area contributed by atoms with Crippen LogP contribution in [0.3, 0.4) is 0 Å². The van der Waals surface area contributed by atoms with Gasteiger partial charge in [-0.2, -0.15) is 0 Å². The molecule has 0 spiro atoms. The van der Waals surface area contributed by atoms with Crippen molar-refractivity contribution in [3.05, 3.63) is 35.4 Å². The Morgan fingerprint density at radius 1 is 1.33 bits per heavy atom. The minimum Gasteiger partial charge on any atom is -0.393 e. The Hall–Kier alpha value is -1.19. The zero-order chi connectivity index (χ0) is 13.5. The third kappa shape index (κ3) is 4.98. The number of nitrogens with zero attached hydrogens (tertiary/aromatic N) is 1. The van der Waals surface area contributed by atoms with E-state index in [0.29, 0.717) is 13.0 Å². The lowest BCUT2D eigenvalue weighted by molar-refractivity contribution is 0.0931. The minimum absolute atomic E-state index is 0.130. The van der Waals surface area contributed by atoms with Gasteiger partial charge in [0, 0.05) is 12.1 Å². The molecule has 0 fully saturated rings. The average Bonchev–Trinajstić information content (AvgIpc) is 2.36. The maximum atomic E-state index is 12.0. The number of benzene rings is 1. The molecular formula is C15H23NO2. The summed E-state index contributed by atoms with van der Waals surface area (Å²) in [6.07, 6.45) is 1.37. The van der Waals surface area contributed by atoms with Gasteiger partial charge in [0.25, 0.3) is 0 Å². The Bertz CT molecular complexity index is 371. The van der Waals surface area contributed by atoms with Gasteiger partial charge in [0.15, 0.2) is 5.78 Å². The highest BCUT2D eigenvalue weighted by molar-refractivity contribution is 5.97. The van der Waals surface area contributed by atoms with Gasteiger partial charge in [-0.3, -0.25) is 9.69 Å². The van der Waals surface area contributed by atoms with Gasteiger partial charge in [-0.15, -0.1) is 0 Å². The largest absolute Gasteiger partial charge is 0.393 e. The Labute approximate surface area is 109 Å². The molecule has 0 amide bonds. The van der Waals surface area contributed by atoms with Gasteiger partial charge in [-0.25, -0.2) is 0 Å². The molecule has 1 aromatic carbocycles. The summed E-state index contributed by atoms with van der Waals surface area (Å²) in [4.78, 5) is 13.9. The third-order valence-electron chi connectivity index (χ3n) is 3.03. The first-order chi connectivity index (χ1) is 8.52. The molecule has 0 aromatic heterocycles. The molecule has 18 heavy (non-hydrogen) atoms. The van der Waals surface area contributed by atoms with Crippen LogP contribution < -0.4 is 0 Å². The molecule has 1 unspecified atom stereocenters. The molecule has 0 radical (unpaired) electrons.